The minimum Gasteiger partial charge on any atom is -0.497 e. The lowest BCUT2D eigenvalue weighted by molar-refractivity contribution is 0.316. The Bertz CT molecular complexity index is 1390. The molecule has 0 fully saturated rings. The lowest BCUT2D eigenvalue weighted by atomic mass is 10.1. The highest BCUT2D eigenvalue weighted by Gasteiger charge is 2.31. The molecule has 2 aliphatic rings. The largest absolute Gasteiger partial charge is 0.497 e. The zero-order valence-corrected chi connectivity index (χ0v) is 16.9. The van der Waals surface area contributed by atoms with E-state index in [4.69, 9.17) is 9.47 Å². The summed E-state index contributed by atoms with van der Waals surface area (Å²) in [6, 6.07) is 8.34. The van der Waals surface area contributed by atoms with Crippen LogP contribution in [0.25, 0.3) is 11.4 Å². The second kappa shape index (κ2) is 6.98. The van der Waals surface area contributed by atoms with Crippen LogP contribution in [-0.4, -0.2) is 44.2 Å². The summed E-state index contributed by atoms with van der Waals surface area (Å²) < 4.78 is 42.8. The zero-order valence-electron chi connectivity index (χ0n) is 16.9. The number of fused-ring (bicyclic) bond motifs is 5. The van der Waals surface area contributed by atoms with Crippen LogP contribution in [0.1, 0.15) is 28.7 Å². The number of benzene rings is 2. The van der Waals surface area contributed by atoms with Gasteiger partial charge in [-0.15, -0.1) is 5.10 Å². The van der Waals surface area contributed by atoms with E-state index in [0.717, 1.165) is 41.0 Å². The van der Waals surface area contributed by atoms with E-state index in [1.165, 1.54) is 0 Å². The van der Waals surface area contributed by atoms with Gasteiger partial charge in [0.05, 0.1) is 36.1 Å². The Kier molecular flexibility index (Phi) is 4.07. The third-order valence-corrected chi connectivity index (χ3v) is 5.68. The molecule has 2 aromatic carbocycles. The number of rotatable bonds is 3. The summed E-state index contributed by atoms with van der Waals surface area (Å²) >= 11 is 0. The van der Waals surface area contributed by atoms with Gasteiger partial charge in [-0.3, -0.25) is 4.57 Å². The molecule has 0 amide bonds. The minimum absolute atomic E-state index is 0.106. The normalized spacial score (nSPS) is 16.5. The number of methoxy groups -OCH3 is 1. The minimum atomic E-state index is -0.646. The average molecular weight is 434 g/mol. The van der Waals surface area contributed by atoms with Crippen molar-refractivity contribution in [2.45, 2.75) is 12.5 Å². The zero-order chi connectivity index (χ0) is 21.8. The van der Waals surface area contributed by atoms with E-state index in [9.17, 15) is 8.78 Å². The predicted octanol–water partition coefficient (Wildman–Crippen LogP) is 3.16. The average Bonchev–Trinajstić information content (AvgIpc) is 3.54. The molecule has 2 aliphatic heterocycles. The summed E-state index contributed by atoms with van der Waals surface area (Å²) in [5.41, 5.74) is 4.03. The second-order valence-corrected chi connectivity index (χ2v) is 7.51. The van der Waals surface area contributed by atoms with Crippen molar-refractivity contribution in [2.75, 3.05) is 13.7 Å². The van der Waals surface area contributed by atoms with Crippen molar-refractivity contribution in [1.29, 1.82) is 0 Å². The van der Waals surface area contributed by atoms with Crippen molar-refractivity contribution in [3.05, 3.63) is 83.2 Å². The monoisotopic (exact) mass is 434 g/mol. The Morgan fingerprint density at radius 2 is 2.03 bits per heavy atom. The van der Waals surface area contributed by atoms with Gasteiger partial charge < -0.3 is 9.47 Å². The molecule has 4 heterocycles. The van der Waals surface area contributed by atoms with Gasteiger partial charge in [-0.1, -0.05) is 5.21 Å². The van der Waals surface area contributed by atoms with Crippen LogP contribution in [-0.2, 0) is 11.2 Å². The van der Waals surface area contributed by atoms with Crippen LogP contribution in [0.3, 0.4) is 0 Å². The number of aliphatic imine (C=N–C) groups is 1. The number of hydrogen-bond acceptors (Lipinski definition) is 6. The molecule has 0 radical (unpaired) electrons. The van der Waals surface area contributed by atoms with E-state index in [1.54, 1.807) is 24.3 Å². The first-order valence-electron chi connectivity index (χ1n) is 9.93. The maximum Gasteiger partial charge on any atom is 0.238 e. The van der Waals surface area contributed by atoms with Crippen LogP contribution < -0.4 is 4.74 Å². The van der Waals surface area contributed by atoms with Crippen LogP contribution in [0.15, 0.2) is 53.9 Å². The molecule has 6 rings (SSSR count). The Hall–Kier alpha value is -4.08. The fourth-order valence-electron chi connectivity index (χ4n) is 4.12. The first-order chi connectivity index (χ1) is 15.6. The maximum absolute atomic E-state index is 14.2. The molecule has 2 aromatic heterocycles. The second-order valence-electron chi connectivity index (χ2n) is 7.51. The van der Waals surface area contributed by atoms with Crippen LogP contribution >= 0.6 is 0 Å². The highest BCUT2D eigenvalue weighted by atomic mass is 19.1. The number of hydrogen-bond donors (Lipinski definition) is 0. The van der Waals surface area contributed by atoms with Gasteiger partial charge in [0, 0.05) is 18.1 Å². The molecule has 10 heteroatoms. The number of ether oxygens (including phenoxy) is 2. The number of imidazole rings is 1. The third kappa shape index (κ3) is 2.79. The van der Waals surface area contributed by atoms with Crippen molar-refractivity contribution >= 4 is 5.90 Å². The number of aromatic nitrogens is 5. The molecule has 0 spiro atoms. The quantitative estimate of drug-likeness (QED) is 0.436. The van der Waals surface area contributed by atoms with Crippen LogP contribution in [0.5, 0.6) is 5.75 Å². The van der Waals surface area contributed by atoms with Gasteiger partial charge in [0.2, 0.25) is 5.90 Å². The van der Waals surface area contributed by atoms with Crippen molar-refractivity contribution in [3.8, 4) is 17.1 Å². The van der Waals surface area contributed by atoms with Crippen LogP contribution in [0, 0.1) is 11.6 Å². The summed E-state index contributed by atoms with van der Waals surface area (Å²) in [5.74, 6) is -0.0546. The van der Waals surface area contributed by atoms with E-state index < -0.39 is 17.7 Å². The van der Waals surface area contributed by atoms with Gasteiger partial charge >= 0.3 is 0 Å². The molecule has 4 aromatic rings. The first kappa shape index (κ1) is 18.7. The van der Waals surface area contributed by atoms with Crippen LogP contribution in [0.2, 0.25) is 0 Å². The fourth-order valence-corrected chi connectivity index (χ4v) is 4.12. The Morgan fingerprint density at radius 3 is 2.91 bits per heavy atom. The van der Waals surface area contributed by atoms with Gasteiger partial charge in [0.25, 0.3) is 0 Å². The SMILES string of the molecule is COc1ccc2c(c1)-n1nncc1Cc1c(C3=NC(c4cc(F)ccc4F)CO3)ncn1-2. The highest BCUT2D eigenvalue weighted by Crippen LogP contribution is 2.33. The molecule has 1 unspecified atom stereocenters. The molecule has 0 aliphatic carbocycles. The summed E-state index contributed by atoms with van der Waals surface area (Å²) in [5, 5.41) is 8.29. The summed E-state index contributed by atoms with van der Waals surface area (Å²) in [6.07, 6.45) is 3.86. The molecule has 0 saturated heterocycles. The predicted molar refractivity (Wildman–Crippen MR) is 109 cm³/mol. The van der Waals surface area contributed by atoms with E-state index in [0.29, 0.717) is 23.8 Å². The standard InChI is InChI=1S/C22H16F2N6O2/c1-31-14-3-5-18-19(8-14)30-13(9-26-28-30)7-20-21(25-11-29(18)20)22-27-17(10-32-22)15-6-12(23)2-4-16(15)24/h2-6,8-9,11,17H,7,10H2,1H3. The molecule has 160 valence electrons. The summed E-state index contributed by atoms with van der Waals surface area (Å²) in [4.78, 5) is 9.07. The van der Waals surface area contributed by atoms with E-state index in [-0.39, 0.29) is 12.2 Å². The molecule has 0 N–H and O–H groups in total. The summed E-state index contributed by atoms with van der Waals surface area (Å²) in [7, 11) is 1.61. The van der Waals surface area contributed by atoms with Gasteiger partial charge in [-0.05, 0) is 30.3 Å². The first-order valence-corrected chi connectivity index (χ1v) is 9.93. The highest BCUT2D eigenvalue weighted by molar-refractivity contribution is 5.95. The van der Waals surface area contributed by atoms with E-state index in [1.807, 2.05) is 22.8 Å². The number of nitrogens with zero attached hydrogens (tertiary/aromatic N) is 6. The molecular weight excluding hydrogens is 418 g/mol. The third-order valence-electron chi connectivity index (χ3n) is 5.68. The molecule has 0 bridgehead atoms. The Labute approximate surface area is 180 Å². The van der Waals surface area contributed by atoms with Crippen molar-refractivity contribution in [1.82, 2.24) is 24.5 Å². The lowest BCUT2D eigenvalue weighted by Gasteiger charge is -2.11. The van der Waals surface area contributed by atoms with Crippen molar-refractivity contribution in [2.24, 2.45) is 4.99 Å². The van der Waals surface area contributed by atoms with Gasteiger partial charge in [-0.25, -0.2) is 23.4 Å². The van der Waals surface area contributed by atoms with Crippen molar-refractivity contribution < 1.29 is 18.3 Å². The summed E-state index contributed by atoms with van der Waals surface area (Å²) in [6.45, 7) is 0.106. The van der Waals surface area contributed by atoms with Crippen LogP contribution in [0.4, 0.5) is 8.78 Å². The van der Waals surface area contributed by atoms with E-state index in [2.05, 4.69) is 20.3 Å². The molecule has 0 saturated carbocycles. The van der Waals surface area contributed by atoms with Gasteiger partial charge in [0.1, 0.15) is 42.1 Å². The topological polar surface area (TPSA) is 79.3 Å². The molecule has 8 nitrogen and oxygen atoms in total. The smallest absolute Gasteiger partial charge is 0.238 e. The maximum atomic E-state index is 14.2. The fraction of sp³-hybridized carbons (Fsp3) is 0.182. The molecular formula is C22H16F2N6O2. The molecule has 1 atom stereocenters. The Balaban J connectivity index is 1.46. The Morgan fingerprint density at radius 1 is 1.12 bits per heavy atom. The van der Waals surface area contributed by atoms with Gasteiger partial charge in [-0.2, -0.15) is 0 Å². The van der Waals surface area contributed by atoms with Gasteiger partial charge in [0.15, 0.2) is 0 Å². The van der Waals surface area contributed by atoms with E-state index >= 15 is 0 Å². The molecule has 32 heavy (non-hydrogen) atoms. The van der Waals surface area contributed by atoms with Crippen molar-refractivity contribution in [3.63, 3.8) is 0 Å². The lowest BCUT2D eigenvalue weighted by Crippen LogP contribution is -2.08. The number of halogens is 2.